The number of rotatable bonds is 3. The molecule has 1 aromatic carbocycles. The van der Waals surface area contributed by atoms with Crippen LogP contribution in [0.2, 0.25) is 0 Å². The molecule has 2 aliphatic heterocycles. The number of hydrogen-bond donors (Lipinski definition) is 0. The summed E-state index contributed by atoms with van der Waals surface area (Å²) in [6, 6.07) is 4.97. The summed E-state index contributed by atoms with van der Waals surface area (Å²) >= 11 is 0. The third kappa shape index (κ3) is 1.97. The molecule has 23 heavy (non-hydrogen) atoms. The molecule has 122 valence electrons. The van der Waals surface area contributed by atoms with Gasteiger partial charge in [0.25, 0.3) is 12.3 Å². The van der Waals surface area contributed by atoms with E-state index in [1.54, 1.807) is 31.2 Å². The molecule has 0 radical (unpaired) electrons. The van der Waals surface area contributed by atoms with Crippen molar-refractivity contribution in [1.29, 1.82) is 0 Å². The lowest BCUT2D eigenvalue weighted by Gasteiger charge is -2.27. The highest BCUT2D eigenvalue weighted by atomic mass is 19.3. The normalized spacial score (nSPS) is 28.7. The van der Waals surface area contributed by atoms with E-state index in [4.69, 9.17) is 4.74 Å². The zero-order valence-corrected chi connectivity index (χ0v) is 12.6. The fourth-order valence-electron chi connectivity index (χ4n) is 3.24. The minimum atomic E-state index is -2.92. The summed E-state index contributed by atoms with van der Waals surface area (Å²) in [7, 11) is 1.52. The maximum atomic E-state index is 13.3. The Morgan fingerprint density at radius 3 is 2.78 bits per heavy atom. The highest BCUT2D eigenvalue weighted by Gasteiger charge is 2.65. The van der Waals surface area contributed by atoms with E-state index in [-0.39, 0.29) is 6.61 Å². The highest BCUT2D eigenvalue weighted by molar-refractivity contribution is 6.10. The minimum absolute atomic E-state index is 0.0209. The van der Waals surface area contributed by atoms with Gasteiger partial charge in [0.05, 0.1) is 6.61 Å². The molecular formula is C15H15F2N3O3. The van der Waals surface area contributed by atoms with Crippen LogP contribution in [0.15, 0.2) is 34.5 Å². The SMILES string of the molecule is CCOC(=O)[C@@H]1[C@@H](C(F)F)N=N[C@@]12C(=O)N(C)c1ccccc12. The number of nitrogens with zero attached hydrogens (tertiary/aromatic N) is 3. The number of anilines is 1. The van der Waals surface area contributed by atoms with Crippen molar-refractivity contribution in [3.8, 4) is 0 Å². The molecule has 0 bridgehead atoms. The van der Waals surface area contributed by atoms with E-state index < -0.39 is 35.8 Å². The molecule has 8 heteroatoms. The molecule has 0 saturated heterocycles. The molecule has 1 aromatic rings. The number of ether oxygens (including phenoxy) is 1. The second-order valence-corrected chi connectivity index (χ2v) is 5.42. The van der Waals surface area contributed by atoms with Crippen molar-refractivity contribution < 1.29 is 23.1 Å². The van der Waals surface area contributed by atoms with Crippen molar-refractivity contribution in [2.45, 2.75) is 24.9 Å². The predicted octanol–water partition coefficient (Wildman–Crippen LogP) is 2.14. The van der Waals surface area contributed by atoms with Crippen LogP contribution in [0.4, 0.5) is 14.5 Å². The number of carbonyl (C=O) groups is 2. The second-order valence-electron chi connectivity index (χ2n) is 5.42. The Morgan fingerprint density at radius 1 is 1.43 bits per heavy atom. The molecule has 6 nitrogen and oxygen atoms in total. The molecule has 3 rings (SSSR count). The maximum Gasteiger partial charge on any atom is 0.314 e. The van der Waals surface area contributed by atoms with Crippen LogP contribution in [-0.4, -0.2) is 38.0 Å². The van der Waals surface area contributed by atoms with Crippen molar-refractivity contribution in [3.63, 3.8) is 0 Å². The van der Waals surface area contributed by atoms with Crippen LogP contribution in [0.3, 0.4) is 0 Å². The van der Waals surface area contributed by atoms with Crippen molar-refractivity contribution >= 4 is 17.6 Å². The summed E-state index contributed by atoms with van der Waals surface area (Å²) in [5, 5.41) is 7.45. The van der Waals surface area contributed by atoms with Crippen LogP contribution in [0.1, 0.15) is 12.5 Å². The smallest absolute Gasteiger partial charge is 0.314 e. The Labute approximate surface area is 131 Å². The Morgan fingerprint density at radius 2 is 2.13 bits per heavy atom. The second kappa shape index (κ2) is 5.36. The molecular weight excluding hydrogens is 308 g/mol. The van der Waals surface area contributed by atoms with E-state index in [1.165, 1.54) is 11.9 Å². The predicted molar refractivity (Wildman–Crippen MR) is 76.3 cm³/mol. The Hall–Kier alpha value is -2.38. The number of benzene rings is 1. The summed E-state index contributed by atoms with van der Waals surface area (Å²) in [5.74, 6) is -2.91. The average molecular weight is 323 g/mol. The van der Waals surface area contributed by atoms with Gasteiger partial charge < -0.3 is 9.64 Å². The van der Waals surface area contributed by atoms with Gasteiger partial charge in [-0.3, -0.25) is 9.59 Å². The summed E-state index contributed by atoms with van der Waals surface area (Å²) in [5.41, 5.74) is -0.836. The fourth-order valence-corrected chi connectivity index (χ4v) is 3.24. The van der Waals surface area contributed by atoms with Gasteiger partial charge in [-0.2, -0.15) is 10.2 Å². The van der Waals surface area contributed by atoms with Crippen LogP contribution >= 0.6 is 0 Å². The van der Waals surface area contributed by atoms with Crippen LogP contribution in [0.25, 0.3) is 0 Å². The minimum Gasteiger partial charge on any atom is -0.466 e. The number of halogens is 2. The third-order valence-corrected chi connectivity index (χ3v) is 4.25. The molecule has 3 atom stereocenters. The Bertz CT molecular complexity index is 694. The lowest BCUT2D eigenvalue weighted by molar-refractivity contribution is -0.154. The van der Waals surface area contributed by atoms with E-state index in [1.807, 2.05) is 0 Å². The molecule has 1 spiro atoms. The van der Waals surface area contributed by atoms with Gasteiger partial charge in [0.15, 0.2) is 0 Å². The quantitative estimate of drug-likeness (QED) is 0.800. The van der Waals surface area contributed by atoms with Crippen molar-refractivity contribution in [2.75, 3.05) is 18.6 Å². The van der Waals surface area contributed by atoms with Crippen molar-refractivity contribution in [3.05, 3.63) is 29.8 Å². The number of likely N-dealkylation sites (N-methyl/N-ethyl adjacent to an activating group) is 1. The highest BCUT2D eigenvalue weighted by Crippen LogP contribution is 2.52. The summed E-state index contributed by atoms with van der Waals surface area (Å²) in [6.07, 6.45) is -2.92. The first-order chi connectivity index (χ1) is 10.9. The standard InChI is InChI=1S/C15H15F2N3O3/c1-3-23-13(21)10-11(12(16)17)18-19-15(10)8-6-4-5-7-9(8)20(2)14(15)22/h4-7,10-12H,3H2,1-2H3/t10-,11-,15+/m0/s1. The number of para-hydroxylation sites is 1. The van der Waals surface area contributed by atoms with Gasteiger partial charge in [-0.25, -0.2) is 8.78 Å². The summed E-state index contributed by atoms with van der Waals surface area (Å²) in [6.45, 7) is 1.59. The van der Waals surface area contributed by atoms with Crippen molar-refractivity contribution in [1.82, 2.24) is 0 Å². The third-order valence-electron chi connectivity index (χ3n) is 4.25. The first kappa shape index (κ1) is 15.5. The van der Waals surface area contributed by atoms with Gasteiger partial charge in [-0.15, -0.1) is 0 Å². The van der Waals surface area contributed by atoms with Gasteiger partial charge in [0.1, 0.15) is 12.0 Å². The first-order valence-electron chi connectivity index (χ1n) is 7.19. The van der Waals surface area contributed by atoms with Gasteiger partial charge in [-0.05, 0) is 13.0 Å². The molecule has 2 aliphatic rings. The maximum absolute atomic E-state index is 13.3. The van der Waals surface area contributed by atoms with E-state index >= 15 is 0 Å². The van der Waals surface area contributed by atoms with Crippen molar-refractivity contribution in [2.24, 2.45) is 16.1 Å². The zero-order chi connectivity index (χ0) is 16.8. The van der Waals surface area contributed by atoms with E-state index in [9.17, 15) is 18.4 Å². The topological polar surface area (TPSA) is 71.3 Å². The Balaban J connectivity index is 2.18. The van der Waals surface area contributed by atoms with Gasteiger partial charge >= 0.3 is 5.97 Å². The molecule has 0 aromatic heterocycles. The van der Waals surface area contributed by atoms with Crippen LogP contribution < -0.4 is 4.90 Å². The molecule has 2 heterocycles. The van der Waals surface area contributed by atoms with Gasteiger partial charge in [-0.1, -0.05) is 18.2 Å². The monoisotopic (exact) mass is 323 g/mol. The lowest BCUT2D eigenvalue weighted by Crippen LogP contribution is -2.49. The van der Waals surface area contributed by atoms with E-state index in [0.29, 0.717) is 11.3 Å². The average Bonchev–Trinajstić information content (AvgIpc) is 3.03. The number of esters is 1. The number of hydrogen-bond acceptors (Lipinski definition) is 5. The van der Waals surface area contributed by atoms with Gasteiger partial charge in [0.2, 0.25) is 5.54 Å². The summed E-state index contributed by atoms with van der Waals surface area (Å²) in [4.78, 5) is 26.4. The molecule has 0 fully saturated rings. The van der Waals surface area contributed by atoms with Crippen LogP contribution in [-0.2, 0) is 19.9 Å². The Kier molecular flexibility index (Phi) is 3.62. The molecule has 0 saturated carbocycles. The van der Waals surface area contributed by atoms with E-state index in [2.05, 4.69) is 10.2 Å². The lowest BCUT2D eigenvalue weighted by atomic mass is 9.77. The van der Waals surface area contributed by atoms with Crippen LogP contribution in [0, 0.1) is 5.92 Å². The summed E-state index contributed by atoms with van der Waals surface area (Å²) < 4.78 is 31.6. The first-order valence-corrected chi connectivity index (χ1v) is 7.19. The number of alkyl halides is 2. The fraction of sp³-hybridized carbons (Fsp3) is 0.467. The van der Waals surface area contributed by atoms with Gasteiger partial charge in [0, 0.05) is 18.3 Å². The molecule has 0 aliphatic carbocycles. The molecule has 0 N–H and O–H groups in total. The number of azo groups is 1. The molecule has 1 amide bonds. The van der Waals surface area contributed by atoms with Crippen LogP contribution in [0.5, 0.6) is 0 Å². The number of carbonyl (C=O) groups excluding carboxylic acids is 2. The number of fused-ring (bicyclic) bond motifs is 2. The molecule has 0 unspecified atom stereocenters. The largest absolute Gasteiger partial charge is 0.466 e. The zero-order valence-electron chi connectivity index (χ0n) is 12.6. The number of amides is 1. The van der Waals surface area contributed by atoms with E-state index in [0.717, 1.165) is 0 Å².